The third kappa shape index (κ3) is 8.69. The highest BCUT2D eigenvalue weighted by molar-refractivity contribution is 5.66. The normalized spacial score (nSPS) is 22.3. The zero-order chi connectivity index (χ0) is 35.7. The molecule has 0 N–H and O–H groups in total. The Hall–Kier alpha value is -3.35. The molecule has 0 aromatic heterocycles. The first-order valence-electron chi connectivity index (χ1n) is 16.3. The van der Waals surface area contributed by atoms with Gasteiger partial charge in [-0.05, 0) is 97.6 Å². The van der Waals surface area contributed by atoms with E-state index in [1.165, 1.54) is 50.7 Å². The van der Waals surface area contributed by atoms with Gasteiger partial charge in [-0.2, -0.15) is 17.6 Å². The Morgan fingerprint density at radius 1 is 0.633 bits per heavy atom. The van der Waals surface area contributed by atoms with Gasteiger partial charge in [0.2, 0.25) is 0 Å². The van der Waals surface area contributed by atoms with E-state index in [-0.39, 0.29) is 18.1 Å². The van der Waals surface area contributed by atoms with Crippen molar-refractivity contribution < 1.29 is 57.8 Å². The van der Waals surface area contributed by atoms with Crippen LogP contribution in [0.4, 0.5) is 48.3 Å². The van der Waals surface area contributed by atoms with Crippen molar-refractivity contribution >= 4 is 0 Å². The van der Waals surface area contributed by atoms with Crippen molar-refractivity contribution in [1.82, 2.24) is 0 Å². The summed E-state index contributed by atoms with van der Waals surface area (Å²) in [6.45, 7) is 2.22. The van der Waals surface area contributed by atoms with E-state index in [2.05, 4.69) is 16.4 Å². The van der Waals surface area contributed by atoms with Gasteiger partial charge in [-0.3, -0.25) is 0 Å². The predicted octanol–water partition coefficient (Wildman–Crippen LogP) is 12.5. The van der Waals surface area contributed by atoms with Crippen LogP contribution in [0.25, 0.3) is 11.1 Å². The predicted molar refractivity (Wildman–Crippen MR) is 159 cm³/mol. The van der Waals surface area contributed by atoms with Crippen molar-refractivity contribution in [2.24, 2.45) is 17.8 Å². The molecular weight excluding hydrogens is 673 g/mol. The van der Waals surface area contributed by atoms with Crippen molar-refractivity contribution in [3.05, 3.63) is 88.5 Å². The minimum atomic E-state index is -5.98. The molecule has 0 spiro atoms. The molecule has 2 aliphatic carbocycles. The first-order valence-corrected chi connectivity index (χ1v) is 16.3. The summed E-state index contributed by atoms with van der Waals surface area (Å²) in [7, 11) is 0. The van der Waals surface area contributed by atoms with Crippen molar-refractivity contribution in [1.29, 1.82) is 0 Å². The third-order valence-electron chi connectivity index (χ3n) is 9.87. The Morgan fingerprint density at radius 3 is 1.63 bits per heavy atom. The maximum atomic E-state index is 15.1. The summed E-state index contributed by atoms with van der Waals surface area (Å²) >= 11 is 0. The topological polar surface area (TPSA) is 18.5 Å². The molecule has 0 radical (unpaired) electrons. The fourth-order valence-corrected chi connectivity index (χ4v) is 7.51. The second-order valence-electron chi connectivity index (χ2n) is 13.1. The van der Waals surface area contributed by atoms with Gasteiger partial charge in [0.15, 0.2) is 0 Å². The summed E-state index contributed by atoms with van der Waals surface area (Å²) in [5.74, 6) is -6.46. The average molecular weight is 709 g/mol. The lowest BCUT2D eigenvalue weighted by molar-refractivity contribution is -0.432. The zero-order valence-corrected chi connectivity index (χ0v) is 26.5. The van der Waals surface area contributed by atoms with Gasteiger partial charge in [0.1, 0.15) is 34.6 Å². The largest absolute Gasteiger partial charge is 0.527 e. The van der Waals surface area contributed by atoms with Crippen LogP contribution >= 0.6 is 0 Å². The quantitative estimate of drug-likeness (QED) is 0.195. The standard InChI is InChI=1S/C36H35F11O2/c1-2-3-20-4-6-21(7-5-20)22-8-10-23(11-9-22)24-12-14-26(15-13-24)34(41,42)48-27-18-28(37)32(29(38)19-27)25-16-30(39)33(31(40)17-25)35(43,44)49-36(45,46)47/h12-23H,2-11H2,1H3. The molecule has 0 saturated heterocycles. The summed E-state index contributed by atoms with van der Waals surface area (Å²) < 4.78 is 160. The van der Waals surface area contributed by atoms with Crippen molar-refractivity contribution in [2.45, 2.75) is 95.6 Å². The number of rotatable bonds is 10. The van der Waals surface area contributed by atoms with E-state index >= 15 is 8.78 Å². The molecule has 0 amide bonds. The summed E-state index contributed by atoms with van der Waals surface area (Å²) in [4.78, 5) is 0. The van der Waals surface area contributed by atoms with Gasteiger partial charge in [-0.25, -0.2) is 22.3 Å². The monoisotopic (exact) mass is 708 g/mol. The Balaban J connectivity index is 1.24. The zero-order valence-electron chi connectivity index (χ0n) is 26.5. The second-order valence-corrected chi connectivity index (χ2v) is 13.1. The minimum absolute atomic E-state index is 0.0463. The van der Waals surface area contributed by atoms with E-state index in [4.69, 9.17) is 0 Å². The molecule has 268 valence electrons. The van der Waals surface area contributed by atoms with Gasteiger partial charge in [0.05, 0.1) is 11.1 Å². The molecule has 13 heteroatoms. The number of ether oxygens (including phenoxy) is 2. The van der Waals surface area contributed by atoms with Crippen LogP contribution < -0.4 is 4.74 Å². The van der Waals surface area contributed by atoms with Crippen molar-refractivity contribution in [3.63, 3.8) is 0 Å². The van der Waals surface area contributed by atoms with Gasteiger partial charge < -0.3 is 4.74 Å². The highest BCUT2D eigenvalue weighted by Crippen LogP contribution is 2.45. The van der Waals surface area contributed by atoms with Crippen molar-refractivity contribution in [3.8, 4) is 16.9 Å². The molecule has 3 aromatic carbocycles. The van der Waals surface area contributed by atoms with Gasteiger partial charge in [0, 0.05) is 12.1 Å². The van der Waals surface area contributed by atoms with Crippen LogP contribution in [-0.2, 0) is 17.0 Å². The van der Waals surface area contributed by atoms with Crippen molar-refractivity contribution in [2.75, 3.05) is 0 Å². The Bertz CT molecular complexity index is 1540. The maximum absolute atomic E-state index is 15.1. The first-order chi connectivity index (χ1) is 23.0. The van der Waals surface area contributed by atoms with Gasteiger partial charge in [0.25, 0.3) is 0 Å². The molecule has 49 heavy (non-hydrogen) atoms. The fraction of sp³-hybridized carbons (Fsp3) is 0.500. The Labute approximate surface area is 276 Å². The lowest BCUT2D eigenvalue weighted by Crippen LogP contribution is -2.29. The number of hydrogen-bond donors (Lipinski definition) is 0. The van der Waals surface area contributed by atoms with E-state index in [9.17, 15) is 39.5 Å². The molecule has 0 bridgehead atoms. The lowest BCUT2D eigenvalue weighted by atomic mass is 9.68. The molecule has 0 atom stereocenters. The van der Waals surface area contributed by atoms with Crippen LogP contribution in [0.1, 0.15) is 93.7 Å². The Kier molecular flexibility index (Phi) is 10.9. The molecule has 2 fully saturated rings. The molecular formula is C36H35F11O2. The van der Waals surface area contributed by atoms with Crippen LogP contribution in [0.5, 0.6) is 5.75 Å². The summed E-state index contributed by atoms with van der Waals surface area (Å²) in [5.41, 5.74) is -4.42. The Morgan fingerprint density at radius 2 is 1.14 bits per heavy atom. The van der Waals surface area contributed by atoms with E-state index in [1.54, 1.807) is 12.1 Å². The van der Waals surface area contributed by atoms with E-state index < -0.39 is 69.9 Å². The highest BCUT2D eigenvalue weighted by Gasteiger charge is 2.49. The highest BCUT2D eigenvalue weighted by atomic mass is 19.4. The third-order valence-corrected chi connectivity index (χ3v) is 9.87. The number of halogens is 11. The summed E-state index contributed by atoms with van der Waals surface area (Å²) in [6, 6.07) is 5.99. The summed E-state index contributed by atoms with van der Waals surface area (Å²) in [6.07, 6.45) is -3.81. The number of hydrogen-bond acceptors (Lipinski definition) is 2. The minimum Gasteiger partial charge on any atom is -0.429 e. The van der Waals surface area contributed by atoms with Crippen LogP contribution in [0, 0.1) is 41.0 Å². The smallest absolute Gasteiger partial charge is 0.429 e. The van der Waals surface area contributed by atoms with Crippen LogP contribution in [0.2, 0.25) is 0 Å². The molecule has 5 rings (SSSR count). The second kappa shape index (κ2) is 14.5. The van der Waals surface area contributed by atoms with Gasteiger partial charge in [-0.15, -0.1) is 13.2 Å². The van der Waals surface area contributed by atoms with Crippen LogP contribution in [0.15, 0.2) is 48.5 Å². The van der Waals surface area contributed by atoms with Crippen LogP contribution in [0.3, 0.4) is 0 Å². The summed E-state index contributed by atoms with van der Waals surface area (Å²) in [5, 5.41) is 0. The molecule has 2 nitrogen and oxygen atoms in total. The first kappa shape index (κ1) is 36.9. The molecule has 0 heterocycles. The van der Waals surface area contributed by atoms with Crippen LogP contribution in [-0.4, -0.2) is 6.36 Å². The van der Waals surface area contributed by atoms with Gasteiger partial charge in [-0.1, -0.05) is 44.7 Å². The fourth-order valence-electron chi connectivity index (χ4n) is 7.51. The maximum Gasteiger partial charge on any atom is 0.527 e. The van der Waals surface area contributed by atoms with E-state index in [1.807, 2.05) is 0 Å². The van der Waals surface area contributed by atoms with E-state index in [0.29, 0.717) is 18.1 Å². The molecule has 2 saturated carbocycles. The number of benzene rings is 3. The number of alkyl halides is 7. The van der Waals surface area contributed by atoms with E-state index in [0.717, 1.165) is 43.1 Å². The molecule has 2 aliphatic rings. The molecule has 3 aromatic rings. The van der Waals surface area contributed by atoms with Gasteiger partial charge >= 0.3 is 18.6 Å². The lowest BCUT2D eigenvalue weighted by Gasteiger charge is -2.38. The average Bonchev–Trinajstić information content (AvgIpc) is 2.99. The SMILES string of the molecule is CCCC1CCC(C2CCC(c3ccc(C(F)(F)Oc4cc(F)c(-c5cc(F)c(C(F)(F)OC(F)(F)F)c(F)c5)c(F)c4)cc3)CC2)CC1. The molecule has 0 aliphatic heterocycles. The molecule has 0 unspecified atom stereocenters.